The normalized spacial score (nSPS) is 11.8. The summed E-state index contributed by atoms with van der Waals surface area (Å²) in [6.45, 7) is 0. The third-order valence-corrected chi connectivity index (χ3v) is 6.87. The van der Waals surface area contributed by atoms with Gasteiger partial charge in [-0.25, -0.2) is 0 Å². The second kappa shape index (κ2) is 3.21. The van der Waals surface area contributed by atoms with E-state index >= 15 is 0 Å². The Morgan fingerprint density at radius 2 is 1.56 bits per heavy atom. The summed E-state index contributed by atoms with van der Waals surface area (Å²) in [5.74, 6) is 0. The minimum atomic E-state index is 0.523. The van der Waals surface area contributed by atoms with Crippen LogP contribution in [0.1, 0.15) is 0 Å². The zero-order chi connectivity index (χ0) is 10.5. The molecule has 0 amide bonds. The van der Waals surface area contributed by atoms with Crippen LogP contribution in [0.25, 0.3) is 28.7 Å². The monoisotopic (exact) mass is 288 g/mol. The molecule has 16 heavy (non-hydrogen) atoms. The van der Waals surface area contributed by atoms with Crippen molar-refractivity contribution < 1.29 is 0 Å². The van der Waals surface area contributed by atoms with Crippen molar-refractivity contribution >= 4 is 54.5 Å². The zero-order valence-corrected chi connectivity index (χ0v) is 11.0. The van der Waals surface area contributed by atoms with Crippen LogP contribution >= 0.6 is 11.3 Å². The van der Waals surface area contributed by atoms with Gasteiger partial charge in [0.25, 0.3) is 0 Å². The van der Waals surface area contributed by atoms with Crippen LogP contribution < -0.4 is 0 Å². The van der Waals surface area contributed by atoms with Crippen LogP contribution in [-0.4, -0.2) is 14.5 Å². The summed E-state index contributed by atoms with van der Waals surface area (Å²) in [5, 5.41) is 4.42. The molecule has 0 radical (unpaired) electrons. The number of fused-ring (bicyclic) bond motifs is 5. The number of hydrogen-bond acceptors (Lipinski definition) is 1. The van der Waals surface area contributed by atoms with Crippen molar-refractivity contribution in [2.45, 2.75) is 0 Å². The number of hydrogen-bond donors (Lipinski definition) is 0. The molecule has 76 valence electrons. The van der Waals surface area contributed by atoms with Crippen molar-refractivity contribution in [2.24, 2.45) is 0 Å². The van der Waals surface area contributed by atoms with Gasteiger partial charge in [0.05, 0.1) is 0 Å². The van der Waals surface area contributed by atoms with Gasteiger partial charge < -0.3 is 0 Å². The van der Waals surface area contributed by atoms with Crippen molar-refractivity contribution in [2.75, 3.05) is 0 Å². The first-order chi connectivity index (χ1) is 7.93. The van der Waals surface area contributed by atoms with Crippen molar-refractivity contribution in [1.29, 1.82) is 0 Å². The molecule has 0 saturated heterocycles. The number of thiophene rings is 1. The summed E-state index contributed by atoms with van der Waals surface area (Å²) in [6, 6.07) is 17.6. The van der Waals surface area contributed by atoms with Gasteiger partial charge in [0, 0.05) is 0 Å². The maximum absolute atomic E-state index is 2.27. The molecule has 0 fully saturated rings. The van der Waals surface area contributed by atoms with Crippen LogP contribution in [0, 0.1) is 0 Å². The van der Waals surface area contributed by atoms with Crippen molar-refractivity contribution in [3.05, 3.63) is 48.5 Å². The fourth-order valence-electron chi connectivity index (χ4n) is 2.21. The fourth-order valence-corrected chi connectivity index (χ4v) is 6.49. The Morgan fingerprint density at radius 1 is 0.812 bits per heavy atom. The summed E-state index contributed by atoms with van der Waals surface area (Å²) >= 11 is 2.49. The predicted molar refractivity (Wildman–Crippen MR) is 73.8 cm³/mol. The Kier molecular flexibility index (Phi) is 1.80. The predicted octanol–water partition coefficient (Wildman–Crippen LogP) is 4.26. The average Bonchev–Trinajstić information content (AvgIpc) is 2.83. The summed E-state index contributed by atoms with van der Waals surface area (Å²) in [5.41, 5.74) is 0. The number of rotatable bonds is 0. The molecule has 0 nitrogen and oxygen atoms in total. The topological polar surface area (TPSA) is 0 Å². The van der Waals surface area contributed by atoms with E-state index in [1.165, 1.54) is 20.9 Å². The van der Waals surface area contributed by atoms with Gasteiger partial charge in [0.2, 0.25) is 0 Å². The standard InChI is InChI=1S/C14H8SSe/c1-3-7-11-9(5-1)13-10-6-2-4-8-12(10)16-14(13)15-11/h1-8H. The van der Waals surface area contributed by atoms with Gasteiger partial charge in [-0.05, 0) is 0 Å². The van der Waals surface area contributed by atoms with Crippen LogP contribution in [0.3, 0.4) is 0 Å². The molecule has 0 spiro atoms. The molecule has 0 N–H and O–H groups in total. The molecule has 2 heterocycles. The van der Waals surface area contributed by atoms with Crippen LogP contribution in [0.15, 0.2) is 48.5 Å². The molecular formula is C14H8SSe. The molecule has 0 atom stereocenters. The Bertz CT molecular complexity index is 742. The SMILES string of the molecule is c1ccc2c(c1)sc1[se]c3ccccc3c12. The van der Waals surface area contributed by atoms with Crippen molar-refractivity contribution in [3.63, 3.8) is 0 Å². The molecule has 0 saturated carbocycles. The molecule has 0 aliphatic heterocycles. The molecule has 0 aliphatic carbocycles. The molecule has 0 bridgehead atoms. The molecule has 2 aromatic heterocycles. The molecule has 4 aromatic rings. The Hall–Kier alpha value is -1.08. The zero-order valence-electron chi connectivity index (χ0n) is 8.44. The Labute approximate surface area is 103 Å². The van der Waals surface area contributed by atoms with Gasteiger partial charge in [0.15, 0.2) is 0 Å². The van der Waals surface area contributed by atoms with E-state index < -0.39 is 0 Å². The first-order valence-corrected chi connectivity index (χ1v) is 7.75. The van der Waals surface area contributed by atoms with Crippen LogP contribution in [-0.2, 0) is 0 Å². The molecule has 2 heteroatoms. The average molecular weight is 287 g/mol. The van der Waals surface area contributed by atoms with Gasteiger partial charge in [0.1, 0.15) is 0 Å². The first kappa shape index (κ1) is 9.00. The Balaban J connectivity index is 2.38. The quantitative estimate of drug-likeness (QED) is 0.424. The summed E-state index contributed by atoms with van der Waals surface area (Å²) in [4.78, 5) is 0. The van der Waals surface area contributed by atoms with E-state index in [-0.39, 0.29) is 0 Å². The summed E-state index contributed by atoms with van der Waals surface area (Å²) in [6.07, 6.45) is 0. The van der Waals surface area contributed by atoms with E-state index in [1.54, 1.807) is 7.83 Å². The van der Waals surface area contributed by atoms with E-state index in [9.17, 15) is 0 Å². The van der Waals surface area contributed by atoms with Crippen LogP contribution in [0.5, 0.6) is 0 Å². The molecule has 4 rings (SSSR count). The molecular weight excluding hydrogens is 279 g/mol. The molecule has 0 aliphatic rings. The van der Waals surface area contributed by atoms with Crippen molar-refractivity contribution in [1.82, 2.24) is 0 Å². The minimum absolute atomic E-state index is 0.523. The van der Waals surface area contributed by atoms with Crippen LogP contribution in [0.2, 0.25) is 0 Å². The third-order valence-electron chi connectivity index (χ3n) is 2.92. The van der Waals surface area contributed by atoms with Gasteiger partial charge in [-0.2, -0.15) is 0 Å². The van der Waals surface area contributed by atoms with Crippen molar-refractivity contribution in [3.8, 4) is 0 Å². The van der Waals surface area contributed by atoms with Gasteiger partial charge >= 0.3 is 103 Å². The number of benzene rings is 2. The van der Waals surface area contributed by atoms with Gasteiger partial charge in [-0.15, -0.1) is 0 Å². The van der Waals surface area contributed by atoms with Crippen LogP contribution in [0.4, 0.5) is 0 Å². The summed E-state index contributed by atoms with van der Waals surface area (Å²) < 4.78 is 4.57. The van der Waals surface area contributed by atoms with E-state index in [4.69, 9.17) is 0 Å². The summed E-state index contributed by atoms with van der Waals surface area (Å²) in [7, 11) is 0. The van der Waals surface area contributed by atoms with E-state index in [0.717, 1.165) is 0 Å². The fraction of sp³-hybridized carbons (Fsp3) is 0. The van der Waals surface area contributed by atoms with Gasteiger partial charge in [-0.3, -0.25) is 0 Å². The van der Waals surface area contributed by atoms with E-state index in [1.807, 2.05) is 11.3 Å². The van der Waals surface area contributed by atoms with E-state index in [2.05, 4.69) is 48.5 Å². The third kappa shape index (κ3) is 1.10. The van der Waals surface area contributed by atoms with Gasteiger partial charge in [-0.1, -0.05) is 0 Å². The second-order valence-electron chi connectivity index (χ2n) is 3.86. The molecule has 0 unspecified atom stereocenters. The maximum atomic E-state index is 2.27. The first-order valence-electron chi connectivity index (χ1n) is 5.22. The van der Waals surface area contributed by atoms with E-state index in [0.29, 0.717) is 14.5 Å². The second-order valence-corrected chi connectivity index (χ2v) is 7.70. The molecule has 2 aromatic carbocycles. The Morgan fingerprint density at radius 3 is 2.50 bits per heavy atom.